The van der Waals surface area contributed by atoms with Crippen molar-refractivity contribution in [3.05, 3.63) is 23.9 Å². The predicted molar refractivity (Wildman–Crippen MR) is 82.7 cm³/mol. The Bertz CT molecular complexity index is 612. The molecule has 4 fully saturated rings. The molecular weight excluding hydrogens is 258 g/mol. The van der Waals surface area contributed by atoms with Crippen LogP contribution >= 0.6 is 0 Å². The number of hydrogen-bond acceptors (Lipinski definition) is 3. The second-order valence-electron chi connectivity index (χ2n) is 8.55. The maximum atomic E-state index is 9.30. The lowest BCUT2D eigenvalue weighted by molar-refractivity contribution is -0.0974. The molecule has 0 saturated heterocycles. The molecule has 110 valence electrons. The van der Waals surface area contributed by atoms with E-state index in [0.717, 1.165) is 11.7 Å². The summed E-state index contributed by atoms with van der Waals surface area (Å²) in [4.78, 5) is 4.44. The van der Waals surface area contributed by atoms with Gasteiger partial charge in [-0.2, -0.15) is 5.26 Å². The van der Waals surface area contributed by atoms with Gasteiger partial charge in [-0.05, 0) is 67.4 Å². The zero-order valence-corrected chi connectivity index (χ0v) is 12.9. The molecule has 0 aromatic carbocycles. The van der Waals surface area contributed by atoms with Crippen molar-refractivity contribution in [1.82, 2.24) is 4.98 Å². The van der Waals surface area contributed by atoms with Gasteiger partial charge < -0.3 is 5.32 Å². The lowest BCUT2D eigenvalue weighted by Gasteiger charge is -2.65. The lowest BCUT2D eigenvalue weighted by atomic mass is 9.43. The number of nitrogens with zero attached hydrogens (tertiary/aromatic N) is 2. The molecule has 1 heterocycles. The van der Waals surface area contributed by atoms with Crippen molar-refractivity contribution in [2.24, 2.45) is 16.7 Å². The molecule has 3 heteroatoms. The summed E-state index contributed by atoms with van der Waals surface area (Å²) < 4.78 is 0. The van der Waals surface area contributed by atoms with Gasteiger partial charge in [0.05, 0.1) is 5.56 Å². The Kier molecular flexibility index (Phi) is 2.50. The molecule has 0 amide bonds. The Labute approximate surface area is 126 Å². The molecule has 4 atom stereocenters. The standard InChI is InChI=1S/C18H23N3/c1-16-6-13-7-17(2,10-16)12-18(8-13,11-16)21-15-14(9-19)4-3-5-20-15/h3-5,13H,6-8,10-12H2,1-2H3,(H,20,21)/t13?,16-,17+,18?. The van der Waals surface area contributed by atoms with Gasteiger partial charge in [-0.1, -0.05) is 13.8 Å². The number of rotatable bonds is 2. The van der Waals surface area contributed by atoms with E-state index >= 15 is 0 Å². The van der Waals surface area contributed by atoms with Gasteiger partial charge in [-0.15, -0.1) is 0 Å². The summed E-state index contributed by atoms with van der Waals surface area (Å²) in [7, 11) is 0. The fourth-order valence-corrected chi connectivity index (χ4v) is 6.43. The first-order valence-corrected chi connectivity index (χ1v) is 8.07. The van der Waals surface area contributed by atoms with Gasteiger partial charge in [0.1, 0.15) is 11.9 Å². The van der Waals surface area contributed by atoms with Crippen LogP contribution in [0.3, 0.4) is 0 Å². The zero-order valence-electron chi connectivity index (χ0n) is 12.9. The van der Waals surface area contributed by atoms with Crippen LogP contribution < -0.4 is 5.32 Å². The molecule has 1 aromatic heterocycles. The minimum atomic E-state index is 0.156. The minimum Gasteiger partial charge on any atom is -0.363 e. The highest BCUT2D eigenvalue weighted by atomic mass is 15.1. The van der Waals surface area contributed by atoms with Gasteiger partial charge in [0, 0.05) is 11.7 Å². The van der Waals surface area contributed by atoms with Crippen LogP contribution in [0.5, 0.6) is 0 Å². The topological polar surface area (TPSA) is 48.7 Å². The summed E-state index contributed by atoms with van der Waals surface area (Å²) in [5, 5.41) is 13.0. The van der Waals surface area contributed by atoms with Gasteiger partial charge in [-0.3, -0.25) is 0 Å². The number of hydrogen-bond donors (Lipinski definition) is 1. The number of nitrogens with one attached hydrogen (secondary N) is 1. The Hall–Kier alpha value is -1.56. The largest absolute Gasteiger partial charge is 0.363 e. The highest BCUT2D eigenvalue weighted by molar-refractivity contribution is 5.53. The smallest absolute Gasteiger partial charge is 0.144 e. The molecule has 4 aliphatic rings. The number of aromatic nitrogens is 1. The van der Waals surface area contributed by atoms with Crippen LogP contribution in [0.1, 0.15) is 57.9 Å². The Morgan fingerprint density at radius 1 is 1.19 bits per heavy atom. The molecule has 0 aliphatic heterocycles. The fraction of sp³-hybridized carbons (Fsp3) is 0.667. The van der Waals surface area contributed by atoms with Crippen molar-refractivity contribution in [1.29, 1.82) is 5.26 Å². The van der Waals surface area contributed by atoms with E-state index in [1.807, 2.05) is 12.1 Å². The first kappa shape index (κ1) is 13.1. The van der Waals surface area contributed by atoms with Crippen LogP contribution in [0.15, 0.2) is 18.3 Å². The normalized spacial score (nSPS) is 43.6. The molecule has 0 spiro atoms. The summed E-state index contributed by atoms with van der Waals surface area (Å²) in [6.07, 6.45) is 9.64. The maximum absolute atomic E-state index is 9.30. The fourth-order valence-electron chi connectivity index (χ4n) is 6.43. The van der Waals surface area contributed by atoms with Crippen molar-refractivity contribution in [2.45, 2.75) is 57.9 Å². The van der Waals surface area contributed by atoms with E-state index in [1.165, 1.54) is 38.5 Å². The molecule has 0 radical (unpaired) electrons. The SMILES string of the molecule is C[C@]12CC3CC(Nc4ncccc4C#N)(C1)C[C@@](C)(C3)C2. The summed E-state index contributed by atoms with van der Waals surface area (Å²) >= 11 is 0. The molecule has 1 aromatic rings. The second kappa shape index (κ2) is 4.00. The van der Waals surface area contributed by atoms with Gasteiger partial charge in [0.25, 0.3) is 0 Å². The van der Waals surface area contributed by atoms with E-state index in [0.29, 0.717) is 16.4 Å². The molecule has 4 saturated carbocycles. The summed E-state index contributed by atoms with van der Waals surface area (Å²) in [5.41, 5.74) is 1.78. The first-order valence-electron chi connectivity index (χ1n) is 8.07. The lowest BCUT2D eigenvalue weighted by Crippen LogP contribution is -2.61. The van der Waals surface area contributed by atoms with Crippen LogP contribution in [0.4, 0.5) is 5.82 Å². The quantitative estimate of drug-likeness (QED) is 0.887. The number of anilines is 1. The molecule has 4 aliphatic carbocycles. The average Bonchev–Trinajstić information content (AvgIpc) is 2.34. The van der Waals surface area contributed by atoms with Crippen LogP contribution in [-0.4, -0.2) is 10.5 Å². The van der Waals surface area contributed by atoms with Gasteiger partial charge in [0.2, 0.25) is 0 Å². The van der Waals surface area contributed by atoms with Crippen LogP contribution in [-0.2, 0) is 0 Å². The molecule has 1 N–H and O–H groups in total. The van der Waals surface area contributed by atoms with E-state index < -0.39 is 0 Å². The van der Waals surface area contributed by atoms with E-state index in [2.05, 4.69) is 30.2 Å². The average molecular weight is 281 g/mol. The van der Waals surface area contributed by atoms with Crippen molar-refractivity contribution >= 4 is 5.82 Å². The predicted octanol–water partition coefficient (Wildman–Crippen LogP) is 4.11. The van der Waals surface area contributed by atoms with E-state index in [4.69, 9.17) is 0 Å². The van der Waals surface area contributed by atoms with E-state index in [9.17, 15) is 5.26 Å². The maximum Gasteiger partial charge on any atom is 0.144 e. The third-order valence-electron chi connectivity index (χ3n) is 5.94. The van der Waals surface area contributed by atoms with Crippen molar-refractivity contribution in [3.63, 3.8) is 0 Å². The van der Waals surface area contributed by atoms with Gasteiger partial charge in [-0.25, -0.2) is 4.98 Å². The van der Waals surface area contributed by atoms with E-state index in [-0.39, 0.29) is 5.54 Å². The molecule has 5 rings (SSSR count). The Morgan fingerprint density at radius 2 is 1.90 bits per heavy atom. The van der Waals surface area contributed by atoms with Gasteiger partial charge in [0.15, 0.2) is 0 Å². The highest BCUT2D eigenvalue weighted by Crippen LogP contribution is 2.66. The first-order chi connectivity index (χ1) is 9.93. The third-order valence-corrected chi connectivity index (χ3v) is 5.94. The Morgan fingerprint density at radius 3 is 2.52 bits per heavy atom. The molecule has 4 bridgehead atoms. The van der Waals surface area contributed by atoms with Crippen molar-refractivity contribution < 1.29 is 0 Å². The molecule has 21 heavy (non-hydrogen) atoms. The Balaban J connectivity index is 1.70. The molecule has 2 unspecified atom stereocenters. The highest BCUT2D eigenvalue weighted by Gasteiger charge is 2.60. The third kappa shape index (κ3) is 2.04. The molecule has 3 nitrogen and oxygen atoms in total. The van der Waals surface area contributed by atoms with Crippen LogP contribution in [0.2, 0.25) is 0 Å². The van der Waals surface area contributed by atoms with Gasteiger partial charge >= 0.3 is 0 Å². The van der Waals surface area contributed by atoms with Crippen molar-refractivity contribution in [3.8, 4) is 6.07 Å². The molecular formula is C18H23N3. The van der Waals surface area contributed by atoms with Crippen LogP contribution in [0, 0.1) is 28.1 Å². The number of pyridine rings is 1. The summed E-state index contributed by atoms with van der Waals surface area (Å²) in [5.74, 6) is 1.63. The van der Waals surface area contributed by atoms with Crippen LogP contribution in [0.25, 0.3) is 0 Å². The zero-order chi connectivity index (χ0) is 14.7. The second-order valence-corrected chi connectivity index (χ2v) is 8.55. The van der Waals surface area contributed by atoms with E-state index in [1.54, 1.807) is 6.20 Å². The van der Waals surface area contributed by atoms with Crippen molar-refractivity contribution in [2.75, 3.05) is 5.32 Å². The number of nitriles is 1. The minimum absolute atomic E-state index is 0.156. The summed E-state index contributed by atoms with van der Waals surface area (Å²) in [6.45, 7) is 4.94. The summed E-state index contributed by atoms with van der Waals surface area (Å²) in [6, 6.07) is 5.97. The monoisotopic (exact) mass is 281 g/mol.